The van der Waals surface area contributed by atoms with Crippen molar-refractivity contribution in [2.45, 2.75) is 267 Å². The van der Waals surface area contributed by atoms with Gasteiger partial charge in [-0.25, -0.2) is 0 Å². The SMILES string of the molecule is CCCCCCCCC/C=C/C(O)C(COC1OC(CO)C(OC2OC(CO)C(O)C(O)C2O)C(O)C1O)NC(=O)CCCCCCCCCCCCCCCCCCCCC. The molecule has 12 unspecified atom stereocenters. The Morgan fingerprint density at radius 2 is 1.00 bits per heavy atom. The van der Waals surface area contributed by atoms with Crippen molar-refractivity contribution < 1.29 is 64.6 Å². The molecular formula is C48H91NO13. The topological polar surface area (TPSA) is 228 Å². The van der Waals surface area contributed by atoms with Gasteiger partial charge in [0, 0.05) is 6.42 Å². The predicted octanol–water partition coefficient (Wildman–Crippen LogP) is 5.99. The zero-order valence-corrected chi connectivity index (χ0v) is 38.6. The van der Waals surface area contributed by atoms with E-state index in [1.54, 1.807) is 6.08 Å². The summed E-state index contributed by atoms with van der Waals surface area (Å²) in [4.78, 5) is 13.1. The maximum absolute atomic E-state index is 13.1. The second kappa shape index (κ2) is 35.9. The molecule has 2 rings (SSSR count). The molecule has 2 heterocycles. The highest BCUT2D eigenvalue weighted by Crippen LogP contribution is 2.30. The molecule has 2 aliphatic heterocycles. The Balaban J connectivity index is 1.79. The number of hydrogen-bond donors (Lipinski definition) is 9. The highest BCUT2D eigenvalue weighted by atomic mass is 16.7. The minimum atomic E-state index is -1.78. The van der Waals surface area contributed by atoms with E-state index >= 15 is 0 Å². The third-order valence-electron chi connectivity index (χ3n) is 12.5. The maximum Gasteiger partial charge on any atom is 0.220 e. The largest absolute Gasteiger partial charge is 0.394 e. The zero-order chi connectivity index (χ0) is 45.4. The monoisotopic (exact) mass is 890 g/mol. The average Bonchev–Trinajstić information content (AvgIpc) is 3.27. The highest BCUT2D eigenvalue weighted by molar-refractivity contribution is 5.76. The Hall–Kier alpha value is -1.27. The second-order valence-electron chi connectivity index (χ2n) is 18.0. The Morgan fingerprint density at radius 3 is 1.48 bits per heavy atom. The van der Waals surface area contributed by atoms with Crippen LogP contribution in [0, 0.1) is 0 Å². The van der Waals surface area contributed by atoms with Gasteiger partial charge in [-0.3, -0.25) is 4.79 Å². The Kier molecular flexibility index (Phi) is 32.9. The first-order valence-corrected chi connectivity index (χ1v) is 24.9. The van der Waals surface area contributed by atoms with Crippen molar-refractivity contribution in [1.82, 2.24) is 5.32 Å². The fourth-order valence-corrected chi connectivity index (χ4v) is 8.35. The first-order valence-electron chi connectivity index (χ1n) is 24.9. The lowest BCUT2D eigenvalue weighted by Gasteiger charge is -2.46. The third kappa shape index (κ3) is 23.3. The van der Waals surface area contributed by atoms with Crippen molar-refractivity contribution in [3.63, 3.8) is 0 Å². The molecule has 2 aliphatic rings. The molecule has 0 aliphatic carbocycles. The van der Waals surface area contributed by atoms with E-state index in [2.05, 4.69) is 19.2 Å². The zero-order valence-electron chi connectivity index (χ0n) is 38.6. The van der Waals surface area contributed by atoms with Crippen molar-refractivity contribution in [1.29, 1.82) is 0 Å². The van der Waals surface area contributed by atoms with E-state index in [1.165, 1.54) is 128 Å². The van der Waals surface area contributed by atoms with E-state index in [4.69, 9.17) is 18.9 Å². The summed E-state index contributed by atoms with van der Waals surface area (Å²) in [5.41, 5.74) is 0. The standard InChI is InChI=1S/C48H91NO13/c1-3-5-7-9-11-13-14-15-16-17-18-19-20-21-22-24-26-28-30-32-40(53)49-36(37(52)31-29-27-25-23-12-10-8-6-4-2)35-59-47-45(58)43(56)46(39(34-51)61-47)62-48-44(57)42(55)41(54)38(33-50)60-48/h29,31,36-39,41-48,50-52,54-58H,3-28,30,32-35H2,1-2H3,(H,49,53)/b31-29+. The van der Waals surface area contributed by atoms with Crippen molar-refractivity contribution >= 4 is 5.91 Å². The fraction of sp³-hybridized carbons (Fsp3) is 0.938. The summed E-state index contributed by atoms with van der Waals surface area (Å²) < 4.78 is 22.6. The highest BCUT2D eigenvalue weighted by Gasteiger charge is 2.51. The normalized spacial score (nSPS) is 27.8. The average molecular weight is 890 g/mol. The van der Waals surface area contributed by atoms with Crippen LogP contribution in [0.1, 0.15) is 194 Å². The lowest BCUT2D eigenvalue weighted by atomic mass is 9.97. The minimum Gasteiger partial charge on any atom is -0.394 e. The van der Waals surface area contributed by atoms with Crippen LogP contribution in [0.3, 0.4) is 0 Å². The number of ether oxygens (including phenoxy) is 4. The number of aliphatic hydroxyl groups excluding tert-OH is 8. The number of allylic oxidation sites excluding steroid dienone is 1. The Morgan fingerprint density at radius 1 is 0.565 bits per heavy atom. The van der Waals surface area contributed by atoms with Gasteiger partial charge in [0.25, 0.3) is 0 Å². The summed E-state index contributed by atoms with van der Waals surface area (Å²) in [7, 11) is 0. The molecule has 14 nitrogen and oxygen atoms in total. The van der Waals surface area contributed by atoms with Crippen LogP contribution in [0.5, 0.6) is 0 Å². The Bertz CT molecular complexity index is 1100. The van der Waals surface area contributed by atoms with Gasteiger partial charge < -0.3 is 65.1 Å². The van der Waals surface area contributed by atoms with Gasteiger partial charge in [0.05, 0.1) is 32.0 Å². The summed E-state index contributed by atoms with van der Waals surface area (Å²) in [5.74, 6) is -0.239. The second-order valence-corrected chi connectivity index (χ2v) is 18.0. The quantitative estimate of drug-likeness (QED) is 0.0257. The van der Waals surface area contributed by atoms with Crippen LogP contribution >= 0.6 is 0 Å². The molecule has 0 saturated carbocycles. The van der Waals surface area contributed by atoms with Crippen molar-refractivity contribution in [2.24, 2.45) is 0 Å². The van der Waals surface area contributed by atoms with E-state index in [-0.39, 0.29) is 18.9 Å². The molecule has 12 atom stereocenters. The van der Waals surface area contributed by atoms with Crippen LogP contribution < -0.4 is 5.32 Å². The van der Waals surface area contributed by atoms with Crippen LogP contribution in [0.25, 0.3) is 0 Å². The van der Waals surface area contributed by atoms with Crippen molar-refractivity contribution in [2.75, 3.05) is 19.8 Å². The van der Waals surface area contributed by atoms with Gasteiger partial charge in [0.2, 0.25) is 5.91 Å². The number of rotatable bonds is 38. The van der Waals surface area contributed by atoms with Crippen molar-refractivity contribution in [3.8, 4) is 0 Å². The molecule has 0 bridgehead atoms. The molecule has 366 valence electrons. The smallest absolute Gasteiger partial charge is 0.220 e. The molecule has 0 spiro atoms. The predicted molar refractivity (Wildman–Crippen MR) is 240 cm³/mol. The summed E-state index contributed by atoms with van der Waals surface area (Å²) in [5, 5.41) is 86.5. The van der Waals surface area contributed by atoms with Crippen LogP contribution in [0.2, 0.25) is 0 Å². The number of amides is 1. The molecule has 0 aromatic rings. The molecule has 9 N–H and O–H groups in total. The number of nitrogens with one attached hydrogen (secondary N) is 1. The van der Waals surface area contributed by atoms with Crippen LogP contribution in [0.4, 0.5) is 0 Å². The van der Waals surface area contributed by atoms with Gasteiger partial charge in [-0.1, -0.05) is 180 Å². The molecule has 0 aromatic carbocycles. The number of carbonyl (C=O) groups excluding carboxylic acids is 1. The molecular weight excluding hydrogens is 799 g/mol. The molecule has 2 saturated heterocycles. The van der Waals surface area contributed by atoms with Crippen molar-refractivity contribution in [3.05, 3.63) is 12.2 Å². The third-order valence-corrected chi connectivity index (χ3v) is 12.5. The van der Waals surface area contributed by atoms with E-state index < -0.39 is 86.8 Å². The number of unbranched alkanes of at least 4 members (excludes halogenated alkanes) is 25. The van der Waals surface area contributed by atoms with E-state index in [1.807, 2.05) is 6.08 Å². The van der Waals surface area contributed by atoms with Crippen LogP contribution in [0.15, 0.2) is 12.2 Å². The summed E-state index contributed by atoms with van der Waals surface area (Å²) in [6.45, 7) is 2.75. The van der Waals surface area contributed by atoms with Gasteiger partial charge in [-0.05, 0) is 19.3 Å². The van der Waals surface area contributed by atoms with E-state index in [0.29, 0.717) is 6.42 Å². The molecule has 0 aromatic heterocycles. The first kappa shape index (κ1) is 56.9. The van der Waals surface area contributed by atoms with Gasteiger partial charge in [-0.15, -0.1) is 0 Å². The summed E-state index contributed by atoms with van der Waals surface area (Å²) in [6, 6.07) is -0.906. The van der Waals surface area contributed by atoms with Gasteiger partial charge >= 0.3 is 0 Å². The van der Waals surface area contributed by atoms with Crippen LogP contribution in [-0.2, 0) is 23.7 Å². The van der Waals surface area contributed by atoms with Gasteiger partial charge in [0.15, 0.2) is 12.6 Å². The summed E-state index contributed by atoms with van der Waals surface area (Å²) >= 11 is 0. The van der Waals surface area contributed by atoms with Gasteiger partial charge in [-0.2, -0.15) is 0 Å². The van der Waals surface area contributed by atoms with E-state index in [9.17, 15) is 45.6 Å². The lowest BCUT2D eigenvalue weighted by molar-refractivity contribution is -0.359. The molecule has 62 heavy (non-hydrogen) atoms. The van der Waals surface area contributed by atoms with Crippen LogP contribution in [-0.4, -0.2) is 140 Å². The molecule has 1 amide bonds. The number of aliphatic hydroxyl groups is 8. The molecule has 2 fully saturated rings. The molecule has 14 heteroatoms. The lowest BCUT2D eigenvalue weighted by Crippen LogP contribution is -2.65. The first-order chi connectivity index (χ1) is 30.1. The molecule has 0 radical (unpaired) electrons. The van der Waals surface area contributed by atoms with E-state index in [0.717, 1.165) is 38.5 Å². The summed E-state index contributed by atoms with van der Waals surface area (Å²) in [6.07, 6.45) is 19.8. The Labute approximate surface area is 374 Å². The number of carbonyl (C=O) groups is 1. The maximum atomic E-state index is 13.1. The number of hydrogen-bond acceptors (Lipinski definition) is 13. The fourth-order valence-electron chi connectivity index (χ4n) is 8.35. The van der Waals surface area contributed by atoms with Gasteiger partial charge in [0.1, 0.15) is 48.8 Å². The minimum absolute atomic E-state index is 0.239.